The number of carbonyl (C=O) groups is 1. The molecule has 0 bridgehead atoms. The van der Waals surface area contributed by atoms with Crippen molar-refractivity contribution in [1.29, 1.82) is 0 Å². The maximum Gasteiger partial charge on any atom is 0.255 e. The van der Waals surface area contributed by atoms with Crippen LogP contribution in [-0.2, 0) is 11.3 Å². The number of ether oxygens (including phenoxy) is 2. The first kappa shape index (κ1) is 22.4. The van der Waals surface area contributed by atoms with Gasteiger partial charge in [-0.05, 0) is 48.4 Å². The second-order valence-electron chi connectivity index (χ2n) is 7.30. The number of fused-ring (bicyclic) bond motifs is 1. The molecule has 0 saturated carbocycles. The van der Waals surface area contributed by atoms with Crippen LogP contribution in [0, 0.1) is 0 Å². The third-order valence-electron chi connectivity index (χ3n) is 5.03. The molecule has 0 radical (unpaired) electrons. The van der Waals surface area contributed by atoms with Crippen LogP contribution >= 0.6 is 11.6 Å². The van der Waals surface area contributed by atoms with Gasteiger partial charge in [-0.3, -0.25) is 4.79 Å². The fourth-order valence-electron chi connectivity index (χ4n) is 3.49. The van der Waals surface area contributed by atoms with Crippen LogP contribution in [0.2, 0.25) is 5.02 Å². The Hall–Kier alpha value is -3.77. The number of amides is 1. The van der Waals surface area contributed by atoms with E-state index in [1.807, 2.05) is 61.5 Å². The van der Waals surface area contributed by atoms with Crippen LogP contribution in [0.4, 0.5) is 0 Å². The SMILES string of the molecule is CCOc1cc(C=C(C(=O)NCc2ccccc2)c2nc3ccccc3[nH]2)cc(Cl)c1OC. The number of rotatable bonds is 8. The van der Waals surface area contributed by atoms with Gasteiger partial charge in [-0.15, -0.1) is 0 Å². The van der Waals surface area contributed by atoms with Crippen LogP contribution in [0.3, 0.4) is 0 Å². The second-order valence-corrected chi connectivity index (χ2v) is 7.70. The first-order valence-corrected chi connectivity index (χ1v) is 11.0. The van der Waals surface area contributed by atoms with Gasteiger partial charge in [-0.2, -0.15) is 0 Å². The van der Waals surface area contributed by atoms with Gasteiger partial charge in [-0.1, -0.05) is 54.1 Å². The molecule has 4 aromatic rings. The number of methoxy groups -OCH3 is 1. The maximum absolute atomic E-state index is 13.3. The van der Waals surface area contributed by atoms with E-state index in [2.05, 4.69) is 15.3 Å². The van der Waals surface area contributed by atoms with E-state index in [9.17, 15) is 4.79 Å². The van der Waals surface area contributed by atoms with E-state index in [1.54, 1.807) is 18.2 Å². The summed E-state index contributed by atoms with van der Waals surface area (Å²) in [6.45, 7) is 2.73. The minimum Gasteiger partial charge on any atom is -0.491 e. The van der Waals surface area contributed by atoms with E-state index in [0.717, 1.165) is 16.6 Å². The number of nitrogens with zero attached hydrogens (tertiary/aromatic N) is 1. The van der Waals surface area contributed by atoms with Gasteiger partial charge in [0, 0.05) is 6.54 Å². The van der Waals surface area contributed by atoms with Crippen molar-refractivity contribution in [2.75, 3.05) is 13.7 Å². The number of halogens is 1. The Morgan fingerprint density at radius 3 is 2.61 bits per heavy atom. The monoisotopic (exact) mass is 461 g/mol. The minimum absolute atomic E-state index is 0.261. The van der Waals surface area contributed by atoms with Crippen molar-refractivity contribution in [1.82, 2.24) is 15.3 Å². The zero-order valence-corrected chi connectivity index (χ0v) is 19.1. The minimum atomic E-state index is -0.261. The number of hydrogen-bond acceptors (Lipinski definition) is 4. The summed E-state index contributed by atoms with van der Waals surface area (Å²) in [5.74, 6) is 1.16. The first-order valence-electron chi connectivity index (χ1n) is 10.6. The summed E-state index contributed by atoms with van der Waals surface area (Å²) in [6.07, 6.45) is 1.74. The molecule has 4 rings (SSSR count). The fourth-order valence-corrected chi connectivity index (χ4v) is 3.79. The second kappa shape index (κ2) is 10.2. The molecule has 3 aromatic carbocycles. The van der Waals surface area contributed by atoms with E-state index in [-0.39, 0.29) is 5.91 Å². The summed E-state index contributed by atoms with van der Waals surface area (Å²) in [5, 5.41) is 3.37. The molecule has 0 aliphatic heterocycles. The number of benzene rings is 3. The standard InChI is InChI=1S/C26H24ClN3O3/c1-3-33-23-15-18(14-20(27)24(23)32-2)13-19(25-29-21-11-7-8-12-22(21)30-25)26(31)28-16-17-9-5-4-6-10-17/h4-15H,3,16H2,1-2H3,(H,28,31)(H,29,30). The van der Waals surface area contributed by atoms with Gasteiger partial charge >= 0.3 is 0 Å². The fraction of sp³-hybridized carbons (Fsp3) is 0.154. The Balaban J connectivity index is 1.75. The summed E-state index contributed by atoms with van der Waals surface area (Å²) >= 11 is 6.43. The normalized spacial score (nSPS) is 11.4. The molecule has 33 heavy (non-hydrogen) atoms. The third kappa shape index (κ3) is 5.18. The molecule has 1 aromatic heterocycles. The number of imidazole rings is 1. The van der Waals surface area contributed by atoms with Crippen molar-refractivity contribution in [3.63, 3.8) is 0 Å². The van der Waals surface area contributed by atoms with Gasteiger partial charge in [0.1, 0.15) is 5.82 Å². The summed E-state index contributed by atoms with van der Waals surface area (Å²) < 4.78 is 11.1. The van der Waals surface area contributed by atoms with E-state index in [0.29, 0.717) is 46.6 Å². The number of para-hydroxylation sites is 2. The molecule has 0 aliphatic carbocycles. The van der Waals surface area contributed by atoms with Gasteiger partial charge < -0.3 is 19.8 Å². The molecule has 1 heterocycles. The Labute approximate surface area is 197 Å². The molecule has 0 atom stereocenters. The molecular formula is C26H24ClN3O3. The predicted octanol–water partition coefficient (Wildman–Crippen LogP) is 5.48. The van der Waals surface area contributed by atoms with Gasteiger partial charge in [0.2, 0.25) is 0 Å². The van der Waals surface area contributed by atoms with Crippen LogP contribution in [0.1, 0.15) is 23.9 Å². The number of nitrogens with one attached hydrogen (secondary N) is 2. The van der Waals surface area contributed by atoms with E-state index in [4.69, 9.17) is 21.1 Å². The highest BCUT2D eigenvalue weighted by Gasteiger charge is 2.18. The number of carbonyl (C=O) groups excluding carboxylic acids is 1. The zero-order valence-electron chi connectivity index (χ0n) is 18.4. The van der Waals surface area contributed by atoms with Gasteiger partial charge in [0.15, 0.2) is 11.5 Å². The van der Waals surface area contributed by atoms with Crippen LogP contribution in [0.15, 0.2) is 66.7 Å². The molecular weight excluding hydrogens is 438 g/mol. The largest absolute Gasteiger partial charge is 0.491 e. The summed E-state index contributed by atoms with van der Waals surface area (Å²) in [6, 6.07) is 20.9. The van der Waals surface area contributed by atoms with Crippen molar-refractivity contribution in [3.05, 3.63) is 88.7 Å². The number of aromatic amines is 1. The van der Waals surface area contributed by atoms with E-state index in [1.165, 1.54) is 7.11 Å². The van der Waals surface area contributed by atoms with Crippen LogP contribution in [0.5, 0.6) is 11.5 Å². The molecule has 168 valence electrons. The van der Waals surface area contributed by atoms with Crippen LogP contribution < -0.4 is 14.8 Å². The summed E-state index contributed by atoms with van der Waals surface area (Å²) in [7, 11) is 1.54. The van der Waals surface area contributed by atoms with E-state index >= 15 is 0 Å². The Morgan fingerprint density at radius 2 is 1.88 bits per heavy atom. The van der Waals surface area contributed by atoms with Gasteiger partial charge in [0.25, 0.3) is 5.91 Å². The topological polar surface area (TPSA) is 76.2 Å². The lowest BCUT2D eigenvalue weighted by molar-refractivity contribution is -0.115. The van der Waals surface area contributed by atoms with Crippen LogP contribution in [-0.4, -0.2) is 29.6 Å². The lowest BCUT2D eigenvalue weighted by atomic mass is 10.1. The molecule has 2 N–H and O–H groups in total. The predicted molar refractivity (Wildman–Crippen MR) is 131 cm³/mol. The molecule has 0 fully saturated rings. The molecule has 7 heteroatoms. The average molecular weight is 462 g/mol. The quantitative estimate of drug-likeness (QED) is 0.340. The zero-order chi connectivity index (χ0) is 23.2. The first-order chi connectivity index (χ1) is 16.1. The van der Waals surface area contributed by atoms with Gasteiger partial charge in [0.05, 0.1) is 35.3 Å². The molecule has 0 aliphatic rings. The molecule has 0 spiro atoms. The molecule has 0 unspecified atom stereocenters. The van der Waals surface area contributed by atoms with Crippen molar-refractivity contribution >= 4 is 40.2 Å². The van der Waals surface area contributed by atoms with Crippen molar-refractivity contribution in [3.8, 4) is 11.5 Å². The third-order valence-corrected chi connectivity index (χ3v) is 5.31. The van der Waals surface area contributed by atoms with Crippen LogP contribution in [0.25, 0.3) is 22.7 Å². The highest BCUT2D eigenvalue weighted by atomic mass is 35.5. The van der Waals surface area contributed by atoms with Crippen molar-refractivity contribution in [2.45, 2.75) is 13.5 Å². The number of hydrogen-bond donors (Lipinski definition) is 2. The molecule has 0 saturated heterocycles. The maximum atomic E-state index is 13.3. The Bertz CT molecular complexity index is 1270. The summed E-state index contributed by atoms with van der Waals surface area (Å²) in [5.41, 5.74) is 3.69. The lowest BCUT2D eigenvalue weighted by Crippen LogP contribution is -2.24. The van der Waals surface area contributed by atoms with E-state index < -0.39 is 0 Å². The van der Waals surface area contributed by atoms with Gasteiger partial charge in [-0.25, -0.2) is 4.98 Å². The van der Waals surface area contributed by atoms with Crippen molar-refractivity contribution in [2.24, 2.45) is 0 Å². The van der Waals surface area contributed by atoms with Crippen molar-refractivity contribution < 1.29 is 14.3 Å². The molecule has 1 amide bonds. The number of aromatic nitrogens is 2. The smallest absolute Gasteiger partial charge is 0.255 e. The highest BCUT2D eigenvalue weighted by molar-refractivity contribution is 6.32. The lowest BCUT2D eigenvalue weighted by Gasteiger charge is -2.13. The highest BCUT2D eigenvalue weighted by Crippen LogP contribution is 2.37. The summed E-state index contributed by atoms with van der Waals surface area (Å²) in [4.78, 5) is 21.2. The Morgan fingerprint density at radius 1 is 1.12 bits per heavy atom. The molecule has 6 nitrogen and oxygen atoms in total. The Kier molecular flexibility index (Phi) is 6.95. The number of H-pyrrole nitrogens is 1. The average Bonchev–Trinajstić information content (AvgIpc) is 3.26.